The van der Waals surface area contributed by atoms with E-state index in [9.17, 15) is 18.0 Å². The lowest BCUT2D eigenvalue weighted by Gasteiger charge is -2.30. The zero-order chi connectivity index (χ0) is 23.8. The Hall–Kier alpha value is -3.14. The fourth-order valence-corrected chi connectivity index (χ4v) is 4.13. The number of nitrogens with zero attached hydrogens (tertiary/aromatic N) is 3. The van der Waals surface area contributed by atoms with Crippen LogP contribution >= 0.6 is 0 Å². The number of likely N-dealkylation sites (tertiary alicyclic amines) is 1. The van der Waals surface area contributed by atoms with Crippen LogP contribution in [-0.4, -0.2) is 53.9 Å². The molecule has 1 aromatic heterocycles. The van der Waals surface area contributed by atoms with Crippen molar-refractivity contribution >= 4 is 11.8 Å². The minimum Gasteiger partial charge on any atom is -0.463 e. The lowest BCUT2D eigenvalue weighted by atomic mass is 9.92. The molecule has 7 nitrogen and oxygen atoms in total. The maximum atomic E-state index is 14.4. The van der Waals surface area contributed by atoms with Crippen LogP contribution in [0.4, 0.5) is 13.2 Å². The number of ether oxygens (including phenoxy) is 1. The Bertz CT molecular complexity index is 1130. The first-order valence-electron chi connectivity index (χ1n) is 10.7. The van der Waals surface area contributed by atoms with E-state index in [2.05, 4.69) is 15.3 Å². The molecule has 1 atom stereocenters. The van der Waals surface area contributed by atoms with Gasteiger partial charge in [-0.05, 0) is 38.0 Å². The number of nitrogens with one attached hydrogen (secondary N) is 1. The fraction of sp³-hybridized carbons (Fsp3) is 0.435. The van der Waals surface area contributed by atoms with Crippen molar-refractivity contribution in [3.05, 3.63) is 64.3 Å². The Morgan fingerprint density at radius 3 is 2.79 bits per heavy atom. The van der Waals surface area contributed by atoms with E-state index in [1.165, 1.54) is 12.5 Å². The Morgan fingerprint density at radius 1 is 1.36 bits per heavy atom. The number of hydrogen-bond acceptors (Lipinski definition) is 7. The molecule has 0 spiro atoms. The van der Waals surface area contributed by atoms with Crippen LogP contribution < -0.4 is 5.32 Å². The van der Waals surface area contributed by atoms with Crippen LogP contribution in [0.3, 0.4) is 0 Å². The van der Waals surface area contributed by atoms with Crippen LogP contribution in [0.1, 0.15) is 42.0 Å². The number of carbonyl (C=O) groups is 1. The summed E-state index contributed by atoms with van der Waals surface area (Å²) >= 11 is 0. The van der Waals surface area contributed by atoms with Gasteiger partial charge >= 0.3 is 5.97 Å². The zero-order valence-electron chi connectivity index (χ0n) is 18.6. The highest BCUT2D eigenvalue weighted by atomic mass is 19.3. The number of rotatable bonds is 6. The second kappa shape index (κ2) is 9.01. The number of oxazole rings is 1. The van der Waals surface area contributed by atoms with Crippen LogP contribution in [-0.2, 0) is 9.53 Å². The number of alkyl halides is 2. The SMILES string of the molecule is CCOC(=O)C1=C(CN2CCC(F)(F)C2)NC(c2ncoc2C)=NC1c1cccc(F)c1C. The summed E-state index contributed by atoms with van der Waals surface area (Å²) in [5.74, 6) is -3.08. The molecule has 176 valence electrons. The molecule has 0 saturated carbocycles. The minimum absolute atomic E-state index is 0.0462. The van der Waals surface area contributed by atoms with Gasteiger partial charge in [-0.2, -0.15) is 0 Å². The van der Waals surface area contributed by atoms with E-state index in [0.717, 1.165) is 0 Å². The molecule has 1 aromatic carbocycles. The Balaban J connectivity index is 1.84. The van der Waals surface area contributed by atoms with Crippen LogP contribution in [0.15, 0.2) is 45.3 Å². The summed E-state index contributed by atoms with van der Waals surface area (Å²) in [5, 5.41) is 3.10. The van der Waals surface area contributed by atoms with Gasteiger partial charge in [-0.1, -0.05) is 12.1 Å². The first-order chi connectivity index (χ1) is 15.7. The van der Waals surface area contributed by atoms with E-state index >= 15 is 0 Å². The molecule has 0 aliphatic carbocycles. The first kappa shape index (κ1) is 23.0. The van der Waals surface area contributed by atoms with E-state index in [-0.39, 0.29) is 31.7 Å². The Labute approximate surface area is 189 Å². The summed E-state index contributed by atoms with van der Waals surface area (Å²) in [4.78, 5) is 23.5. The molecule has 3 heterocycles. The summed E-state index contributed by atoms with van der Waals surface area (Å²) in [6.07, 6.45) is 1.01. The molecule has 1 N–H and O–H groups in total. The van der Waals surface area contributed by atoms with Crippen molar-refractivity contribution < 1.29 is 27.1 Å². The summed E-state index contributed by atoms with van der Waals surface area (Å²) in [6, 6.07) is 3.64. The fourth-order valence-electron chi connectivity index (χ4n) is 4.13. The molecule has 0 amide bonds. The quantitative estimate of drug-likeness (QED) is 0.660. The highest BCUT2D eigenvalue weighted by Crippen LogP contribution is 2.36. The monoisotopic (exact) mass is 462 g/mol. The second-order valence-corrected chi connectivity index (χ2v) is 8.15. The van der Waals surface area contributed by atoms with Gasteiger partial charge in [0.15, 0.2) is 12.2 Å². The topological polar surface area (TPSA) is 80.0 Å². The molecule has 33 heavy (non-hydrogen) atoms. The number of esters is 1. The predicted molar refractivity (Wildman–Crippen MR) is 114 cm³/mol. The molecule has 10 heteroatoms. The second-order valence-electron chi connectivity index (χ2n) is 8.15. The third kappa shape index (κ3) is 4.66. The summed E-state index contributed by atoms with van der Waals surface area (Å²) in [6.45, 7) is 4.90. The van der Waals surface area contributed by atoms with Gasteiger partial charge in [0.25, 0.3) is 5.92 Å². The first-order valence-corrected chi connectivity index (χ1v) is 10.7. The number of aromatic nitrogens is 1. The minimum atomic E-state index is -2.79. The number of hydrogen-bond donors (Lipinski definition) is 1. The van der Waals surface area contributed by atoms with Crippen LogP contribution in [0.2, 0.25) is 0 Å². The van der Waals surface area contributed by atoms with Gasteiger partial charge in [-0.25, -0.2) is 22.9 Å². The predicted octanol–water partition coefficient (Wildman–Crippen LogP) is 3.68. The van der Waals surface area contributed by atoms with Gasteiger partial charge in [-0.15, -0.1) is 0 Å². The van der Waals surface area contributed by atoms with Crippen molar-refractivity contribution in [3.8, 4) is 0 Å². The molecule has 1 fully saturated rings. The van der Waals surface area contributed by atoms with Crippen molar-refractivity contribution in [2.75, 3.05) is 26.2 Å². The van der Waals surface area contributed by atoms with E-state index in [1.54, 1.807) is 37.8 Å². The molecule has 2 aliphatic heterocycles. The standard InChI is InChI=1S/C23H25F3N4O3/c1-4-32-22(31)18-17(10-30-9-8-23(25,26)11-30)28-21(19-14(3)33-12-27-19)29-20(18)15-6-5-7-16(24)13(15)2/h5-7,12,20H,4,8-11H2,1-3H3,(H,28,29). The average Bonchev–Trinajstić information content (AvgIpc) is 3.34. The zero-order valence-corrected chi connectivity index (χ0v) is 18.6. The molecule has 2 aromatic rings. The molecular formula is C23H25F3N4O3. The largest absolute Gasteiger partial charge is 0.463 e. The number of amidine groups is 1. The Morgan fingerprint density at radius 2 is 2.15 bits per heavy atom. The van der Waals surface area contributed by atoms with E-state index in [4.69, 9.17) is 9.15 Å². The van der Waals surface area contributed by atoms with Gasteiger partial charge in [0, 0.05) is 25.2 Å². The molecule has 0 radical (unpaired) electrons. The molecular weight excluding hydrogens is 437 g/mol. The normalized spacial score (nSPS) is 20.5. The van der Waals surface area contributed by atoms with Gasteiger partial charge in [0.05, 0.1) is 18.7 Å². The van der Waals surface area contributed by atoms with Crippen molar-refractivity contribution in [3.63, 3.8) is 0 Å². The number of benzene rings is 1. The lowest BCUT2D eigenvalue weighted by molar-refractivity contribution is -0.139. The van der Waals surface area contributed by atoms with Crippen LogP contribution in [0.5, 0.6) is 0 Å². The average molecular weight is 462 g/mol. The van der Waals surface area contributed by atoms with Gasteiger partial charge in [0.2, 0.25) is 0 Å². The van der Waals surface area contributed by atoms with Crippen molar-refractivity contribution in [1.29, 1.82) is 0 Å². The smallest absolute Gasteiger partial charge is 0.338 e. The third-order valence-corrected chi connectivity index (χ3v) is 5.83. The number of aryl methyl sites for hydroxylation is 1. The molecule has 1 saturated heterocycles. The third-order valence-electron chi connectivity index (χ3n) is 5.83. The summed E-state index contributed by atoms with van der Waals surface area (Å²) < 4.78 is 52.7. The van der Waals surface area contributed by atoms with E-state index in [1.807, 2.05) is 0 Å². The number of halogens is 3. The van der Waals surface area contributed by atoms with Crippen LogP contribution in [0.25, 0.3) is 0 Å². The summed E-state index contributed by atoms with van der Waals surface area (Å²) in [5.41, 5.74) is 1.75. The van der Waals surface area contributed by atoms with Crippen molar-refractivity contribution in [1.82, 2.24) is 15.2 Å². The van der Waals surface area contributed by atoms with Crippen LogP contribution in [0, 0.1) is 19.7 Å². The van der Waals surface area contributed by atoms with Crippen molar-refractivity contribution in [2.24, 2.45) is 4.99 Å². The van der Waals surface area contributed by atoms with Gasteiger partial charge in [0.1, 0.15) is 23.3 Å². The van der Waals surface area contributed by atoms with E-state index in [0.29, 0.717) is 34.1 Å². The molecule has 2 aliphatic rings. The maximum Gasteiger partial charge on any atom is 0.338 e. The van der Waals surface area contributed by atoms with Gasteiger partial charge in [-0.3, -0.25) is 9.89 Å². The summed E-state index contributed by atoms with van der Waals surface area (Å²) in [7, 11) is 0. The maximum absolute atomic E-state index is 14.4. The highest BCUT2D eigenvalue weighted by molar-refractivity contribution is 6.03. The molecule has 4 rings (SSSR count). The molecule has 0 bridgehead atoms. The van der Waals surface area contributed by atoms with Crippen molar-refractivity contribution in [2.45, 2.75) is 39.2 Å². The number of carbonyl (C=O) groups excluding carboxylic acids is 1. The number of aliphatic imine (C=N–C) groups is 1. The van der Waals surface area contributed by atoms with Gasteiger partial charge < -0.3 is 14.5 Å². The highest BCUT2D eigenvalue weighted by Gasteiger charge is 2.40. The molecule has 1 unspecified atom stereocenters. The van der Waals surface area contributed by atoms with E-state index < -0.39 is 30.3 Å². The lowest BCUT2D eigenvalue weighted by Crippen LogP contribution is -2.40. The Kier molecular flexibility index (Phi) is 6.29.